The van der Waals surface area contributed by atoms with Crippen LogP contribution in [0.3, 0.4) is 0 Å². The molecule has 146 valence electrons. The lowest BCUT2D eigenvalue weighted by Gasteiger charge is -2.21. The molecule has 0 bridgehead atoms. The molecule has 0 atom stereocenters. The van der Waals surface area contributed by atoms with Gasteiger partial charge in [0.2, 0.25) is 15.9 Å². The highest BCUT2D eigenvalue weighted by Gasteiger charge is 2.29. The number of likely N-dealkylation sites (N-methyl/N-ethyl adjacent to an activating group) is 1. The zero-order chi connectivity index (χ0) is 20.2. The Kier molecular flexibility index (Phi) is 6.45. The molecule has 0 spiro atoms. The molecule has 0 aliphatic carbocycles. The lowest BCUT2D eigenvalue weighted by atomic mass is 10.3. The second-order valence-corrected chi connectivity index (χ2v) is 7.31. The summed E-state index contributed by atoms with van der Waals surface area (Å²) in [6, 6.07) is 5.53. The van der Waals surface area contributed by atoms with Gasteiger partial charge >= 0.3 is 0 Å². The number of carbonyl (C=O) groups excluding carboxylic acids is 1. The van der Waals surface area contributed by atoms with E-state index in [4.69, 9.17) is 4.74 Å². The maximum absolute atomic E-state index is 13.6. The van der Waals surface area contributed by atoms with Crippen molar-refractivity contribution in [3.63, 3.8) is 0 Å². The van der Waals surface area contributed by atoms with Crippen molar-refractivity contribution in [3.8, 4) is 5.75 Å². The van der Waals surface area contributed by atoms with Gasteiger partial charge in [0.05, 0.1) is 19.3 Å². The topological polar surface area (TPSA) is 75.7 Å². The molecule has 2 aromatic carbocycles. The van der Waals surface area contributed by atoms with Gasteiger partial charge < -0.3 is 10.1 Å². The largest absolute Gasteiger partial charge is 0.495 e. The number of ether oxygens (including phenoxy) is 1. The standard InChI is InChI=1S/C17H17F3N2O4S/c1-3-22(10-17(23)21-14-6-4-11(18)8-13(14)20)27(24,25)16-9-12(19)5-7-15(16)26-2/h4-9H,3,10H2,1-2H3,(H,21,23). The van der Waals surface area contributed by atoms with Crippen molar-refractivity contribution in [1.82, 2.24) is 4.31 Å². The molecule has 10 heteroatoms. The summed E-state index contributed by atoms with van der Waals surface area (Å²) in [5, 5.41) is 2.17. The summed E-state index contributed by atoms with van der Waals surface area (Å²) in [7, 11) is -3.04. The zero-order valence-electron chi connectivity index (χ0n) is 14.5. The Morgan fingerprint density at radius 2 is 1.74 bits per heavy atom. The molecule has 0 aliphatic heterocycles. The van der Waals surface area contributed by atoms with Crippen molar-refractivity contribution in [3.05, 3.63) is 53.8 Å². The normalized spacial score (nSPS) is 11.5. The molecule has 0 saturated heterocycles. The van der Waals surface area contributed by atoms with Crippen LogP contribution >= 0.6 is 0 Å². The highest BCUT2D eigenvalue weighted by Crippen LogP contribution is 2.27. The van der Waals surface area contributed by atoms with E-state index in [0.29, 0.717) is 6.07 Å². The number of methoxy groups -OCH3 is 1. The second kappa shape index (κ2) is 8.40. The van der Waals surface area contributed by atoms with Crippen LogP contribution in [0, 0.1) is 17.5 Å². The third-order valence-corrected chi connectivity index (χ3v) is 5.56. The highest BCUT2D eigenvalue weighted by atomic mass is 32.2. The molecule has 27 heavy (non-hydrogen) atoms. The Morgan fingerprint density at radius 1 is 1.11 bits per heavy atom. The van der Waals surface area contributed by atoms with Gasteiger partial charge in [-0.25, -0.2) is 21.6 Å². The van der Waals surface area contributed by atoms with Crippen molar-refractivity contribution >= 4 is 21.6 Å². The fourth-order valence-corrected chi connectivity index (χ4v) is 3.87. The zero-order valence-corrected chi connectivity index (χ0v) is 15.3. The number of halogens is 3. The van der Waals surface area contributed by atoms with Crippen molar-refractivity contribution in [1.29, 1.82) is 0 Å². The van der Waals surface area contributed by atoms with Crippen LogP contribution in [0.2, 0.25) is 0 Å². The minimum Gasteiger partial charge on any atom is -0.495 e. The van der Waals surface area contributed by atoms with E-state index in [1.807, 2.05) is 0 Å². The van der Waals surface area contributed by atoms with Gasteiger partial charge in [-0.15, -0.1) is 0 Å². The summed E-state index contributed by atoms with van der Waals surface area (Å²) in [4.78, 5) is 11.7. The number of rotatable bonds is 7. The van der Waals surface area contributed by atoms with E-state index in [1.165, 1.54) is 14.0 Å². The lowest BCUT2D eigenvalue weighted by Crippen LogP contribution is -2.38. The van der Waals surface area contributed by atoms with E-state index in [9.17, 15) is 26.4 Å². The third kappa shape index (κ3) is 4.77. The van der Waals surface area contributed by atoms with Crippen LogP contribution in [0.15, 0.2) is 41.3 Å². The smallest absolute Gasteiger partial charge is 0.247 e. The Hall–Kier alpha value is -2.59. The number of anilines is 1. The van der Waals surface area contributed by atoms with E-state index in [2.05, 4.69) is 5.32 Å². The summed E-state index contributed by atoms with van der Waals surface area (Å²) in [5.74, 6) is -3.54. The van der Waals surface area contributed by atoms with Crippen LogP contribution in [0.25, 0.3) is 0 Å². The van der Waals surface area contributed by atoms with E-state index in [1.54, 1.807) is 0 Å². The molecule has 2 rings (SSSR count). The quantitative estimate of drug-likeness (QED) is 0.773. The summed E-state index contributed by atoms with van der Waals surface area (Å²) in [6.45, 7) is 0.714. The molecule has 2 aromatic rings. The van der Waals surface area contributed by atoms with E-state index >= 15 is 0 Å². The minimum absolute atomic E-state index is 0.0835. The first-order chi connectivity index (χ1) is 12.7. The van der Waals surface area contributed by atoms with Gasteiger partial charge in [0, 0.05) is 12.6 Å². The van der Waals surface area contributed by atoms with Crippen LogP contribution in [-0.2, 0) is 14.8 Å². The van der Waals surface area contributed by atoms with Gasteiger partial charge in [0.25, 0.3) is 0 Å². The Morgan fingerprint density at radius 3 is 2.33 bits per heavy atom. The number of hydrogen-bond acceptors (Lipinski definition) is 4. The number of hydrogen-bond donors (Lipinski definition) is 1. The first-order valence-electron chi connectivity index (χ1n) is 7.77. The third-order valence-electron chi connectivity index (χ3n) is 3.62. The van der Waals surface area contributed by atoms with Gasteiger partial charge in [-0.3, -0.25) is 4.79 Å². The molecular weight excluding hydrogens is 385 g/mol. The van der Waals surface area contributed by atoms with Gasteiger partial charge in [-0.05, 0) is 30.3 Å². The molecule has 0 aromatic heterocycles. The molecule has 6 nitrogen and oxygen atoms in total. The summed E-state index contributed by atoms with van der Waals surface area (Å²) in [5.41, 5.74) is -0.293. The Bertz CT molecular complexity index is 951. The van der Waals surface area contributed by atoms with Crippen LogP contribution in [0.5, 0.6) is 5.75 Å². The van der Waals surface area contributed by atoms with Crippen molar-refractivity contribution < 1.29 is 31.1 Å². The van der Waals surface area contributed by atoms with Gasteiger partial charge in [-0.1, -0.05) is 6.92 Å². The van der Waals surface area contributed by atoms with E-state index < -0.39 is 44.8 Å². The molecule has 0 unspecified atom stereocenters. The Balaban J connectivity index is 2.25. The average molecular weight is 402 g/mol. The molecule has 0 saturated carbocycles. The van der Waals surface area contributed by atoms with E-state index in [0.717, 1.165) is 34.6 Å². The van der Waals surface area contributed by atoms with Gasteiger partial charge in [0.15, 0.2) is 0 Å². The Labute approximate surface area is 154 Å². The second-order valence-electron chi connectivity index (χ2n) is 5.40. The maximum atomic E-state index is 13.6. The van der Waals surface area contributed by atoms with Gasteiger partial charge in [-0.2, -0.15) is 4.31 Å². The maximum Gasteiger partial charge on any atom is 0.247 e. The monoisotopic (exact) mass is 402 g/mol. The fourth-order valence-electron chi connectivity index (χ4n) is 2.30. The van der Waals surface area contributed by atoms with Crippen molar-refractivity contribution in [2.24, 2.45) is 0 Å². The molecule has 1 amide bonds. The molecule has 0 radical (unpaired) electrons. The van der Waals surface area contributed by atoms with Crippen LogP contribution < -0.4 is 10.1 Å². The summed E-state index contributed by atoms with van der Waals surface area (Å²) in [6.07, 6.45) is 0. The number of benzene rings is 2. The molecule has 0 heterocycles. The fraction of sp³-hybridized carbons (Fsp3) is 0.235. The lowest BCUT2D eigenvalue weighted by molar-refractivity contribution is -0.116. The van der Waals surface area contributed by atoms with E-state index in [-0.39, 0.29) is 18.0 Å². The van der Waals surface area contributed by atoms with Crippen LogP contribution in [0.4, 0.5) is 18.9 Å². The molecule has 0 fully saturated rings. The van der Waals surface area contributed by atoms with Crippen molar-refractivity contribution in [2.45, 2.75) is 11.8 Å². The van der Waals surface area contributed by atoms with Gasteiger partial charge in [0.1, 0.15) is 28.1 Å². The minimum atomic E-state index is -4.27. The SMILES string of the molecule is CCN(CC(=O)Nc1ccc(F)cc1F)S(=O)(=O)c1cc(F)ccc1OC. The molecule has 0 aliphatic rings. The van der Waals surface area contributed by atoms with Crippen molar-refractivity contribution in [2.75, 3.05) is 25.5 Å². The average Bonchev–Trinajstić information content (AvgIpc) is 2.61. The predicted molar refractivity (Wildman–Crippen MR) is 92.4 cm³/mol. The predicted octanol–water partition coefficient (Wildman–Crippen LogP) is 2.76. The number of amides is 1. The number of sulfonamides is 1. The van der Waals surface area contributed by atoms with Crippen LogP contribution in [-0.4, -0.2) is 38.8 Å². The summed E-state index contributed by atoms with van der Waals surface area (Å²) >= 11 is 0. The number of nitrogens with one attached hydrogen (secondary N) is 1. The first kappa shape index (κ1) is 20.7. The molecular formula is C17H17F3N2O4S. The number of carbonyl (C=O) groups is 1. The highest BCUT2D eigenvalue weighted by molar-refractivity contribution is 7.89. The molecule has 1 N–H and O–H groups in total. The van der Waals surface area contributed by atoms with Crippen LogP contribution in [0.1, 0.15) is 6.92 Å². The number of nitrogens with zero attached hydrogens (tertiary/aromatic N) is 1. The first-order valence-corrected chi connectivity index (χ1v) is 9.21. The summed E-state index contributed by atoms with van der Waals surface area (Å²) < 4.78 is 71.3.